The maximum Gasteiger partial charge on any atom is 0.270 e. The Bertz CT molecular complexity index is 1140. The van der Waals surface area contributed by atoms with Gasteiger partial charge < -0.3 is 10.0 Å². The number of aromatic hydroxyl groups is 1. The van der Waals surface area contributed by atoms with Crippen LogP contribution in [-0.4, -0.2) is 28.7 Å². The standard InChI is InChI=1S/C20H15N3O4/c1-2-22-17-8-7-16(14-4-3-5-15(19(14)17)20(22)25)21-11-12-10-13(23(26)27)6-9-18(12)24/h3-11,24H,2H2,1H3. The van der Waals surface area contributed by atoms with Gasteiger partial charge in [-0.15, -0.1) is 0 Å². The highest BCUT2D eigenvalue weighted by Crippen LogP contribution is 2.41. The van der Waals surface area contributed by atoms with Gasteiger partial charge in [-0.25, -0.2) is 0 Å². The van der Waals surface area contributed by atoms with Crippen molar-refractivity contribution in [3.63, 3.8) is 0 Å². The van der Waals surface area contributed by atoms with E-state index in [2.05, 4.69) is 4.99 Å². The Balaban J connectivity index is 1.82. The van der Waals surface area contributed by atoms with Gasteiger partial charge in [0.05, 0.1) is 16.3 Å². The van der Waals surface area contributed by atoms with Gasteiger partial charge in [0.25, 0.3) is 11.6 Å². The zero-order chi connectivity index (χ0) is 19.1. The molecule has 0 aromatic heterocycles. The van der Waals surface area contributed by atoms with Gasteiger partial charge in [-0.1, -0.05) is 12.1 Å². The molecule has 1 aliphatic heterocycles. The molecule has 27 heavy (non-hydrogen) atoms. The Morgan fingerprint density at radius 1 is 1.22 bits per heavy atom. The first kappa shape index (κ1) is 16.7. The van der Waals surface area contributed by atoms with Gasteiger partial charge in [-0.3, -0.25) is 19.9 Å². The van der Waals surface area contributed by atoms with Crippen molar-refractivity contribution in [2.24, 2.45) is 4.99 Å². The molecule has 0 atom stereocenters. The molecule has 134 valence electrons. The fraction of sp³-hybridized carbons (Fsp3) is 0.100. The van der Waals surface area contributed by atoms with Crippen molar-refractivity contribution >= 4 is 40.0 Å². The number of phenols is 1. The van der Waals surface area contributed by atoms with Crippen molar-refractivity contribution in [2.45, 2.75) is 6.92 Å². The van der Waals surface area contributed by atoms with Crippen LogP contribution in [0.3, 0.4) is 0 Å². The molecule has 0 unspecified atom stereocenters. The number of amides is 1. The molecule has 0 bridgehead atoms. The lowest BCUT2D eigenvalue weighted by molar-refractivity contribution is -0.384. The van der Waals surface area contributed by atoms with Gasteiger partial charge in [0.15, 0.2) is 0 Å². The van der Waals surface area contributed by atoms with Crippen LogP contribution in [0.25, 0.3) is 10.8 Å². The van der Waals surface area contributed by atoms with E-state index in [1.807, 2.05) is 25.1 Å². The fourth-order valence-corrected chi connectivity index (χ4v) is 3.36. The lowest BCUT2D eigenvalue weighted by atomic mass is 10.0. The predicted octanol–water partition coefficient (Wildman–Crippen LogP) is 4.18. The number of phenolic OH excluding ortho intramolecular Hbond substituents is 1. The van der Waals surface area contributed by atoms with Crippen molar-refractivity contribution in [1.82, 2.24) is 0 Å². The van der Waals surface area contributed by atoms with Crippen LogP contribution in [0, 0.1) is 10.1 Å². The number of nitro benzene ring substituents is 1. The van der Waals surface area contributed by atoms with Crippen LogP contribution in [0.15, 0.2) is 53.5 Å². The largest absolute Gasteiger partial charge is 0.507 e. The molecule has 0 fully saturated rings. The summed E-state index contributed by atoms with van der Waals surface area (Å²) in [7, 11) is 0. The van der Waals surface area contributed by atoms with Crippen LogP contribution >= 0.6 is 0 Å². The molecule has 1 heterocycles. The number of nitrogens with zero attached hydrogens (tertiary/aromatic N) is 3. The van der Waals surface area contributed by atoms with Crippen LogP contribution in [-0.2, 0) is 0 Å². The van der Waals surface area contributed by atoms with E-state index < -0.39 is 4.92 Å². The van der Waals surface area contributed by atoms with Crippen LogP contribution in [0.2, 0.25) is 0 Å². The molecule has 0 aliphatic carbocycles. The van der Waals surface area contributed by atoms with E-state index in [0.717, 1.165) is 16.5 Å². The summed E-state index contributed by atoms with van der Waals surface area (Å²) < 4.78 is 0. The van der Waals surface area contributed by atoms with Gasteiger partial charge in [0.1, 0.15) is 5.75 Å². The fourth-order valence-electron chi connectivity index (χ4n) is 3.36. The van der Waals surface area contributed by atoms with E-state index in [9.17, 15) is 20.0 Å². The van der Waals surface area contributed by atoms with Crippen molar-refractivity contribution in [3.05, 3.63) is 69.8 Å². The topological polar surface area (TPSA) is 96.0 Å². The number of carbonyl (C=O) groups is 1. The highest BCUT2D eigenvalue weighted by Gasteiger charge is 2.29. The summed E-state index contributed by atoms with van der Waals surface area (Å²) in [6.07, 6.45) is 1.39. The van der Waals surface area contributed by atoms with Crippen molar-refractivity contribution in [2.75, 3.05) is 11.4 Å². The molecular formula is C20H15N3O4. The van der Waals surface area contributed by atoms with Gasteiger partial charge in [0, 0.05) is 46.8 Å². The summed E-state index contributed by atoms with van der Waals surface area (Å²) in [5, 5.41) is 22.5. The SMILES string of the molecule is CCN1C(=O)c2cccc3c(N=Cc4cc([N+](=O)[O-])ccc4O)ccc1c23. The first-order chi connectivity index (χ1) is 13.0. The number of anilines is 1. The molecule has 7 heteroatoms. The Labute approximate surface area is 154 Å². The molecule has 3 aromatic carbocycles. The third-order valence-electron chi connectivity index (χ3n) is 4.64. The zero-order valence-electron chi connectivity index (χ0n) is 14.4. The molecular weight excluding hydrogens is 346 g/mol. The minimum Gasteiger partial charge on any atom is -0.507 e. The summed E-state index contributed by atoms with van der Waals surface area (Å²) in [6.45, 7) is 2.50. The van der Waals surface area contributed by atoms with Gasteiger partial charge in [-0.05, 0) is 31.2 Å². The number of rotatable bonds is 4. The summed E-state index contributed by atoms with van der Waals surface area (Å²) in [4.78, 5) is 29.1. The Morgan fingerprint density at radius 2 is 2.04 bits per heavy atom. The summed E-state index contributed by atoms with van der Waals surface area (Å²) >= 11 is 0. The second-order valence-electron chi connectivity index (χ2n) is 6.14. The van der Waals surface area contributed by atoms with Crippen molar-refractivity contribution in [1.29, 1.82) is 0 Å². The monoisotopic (exact) mass is 361 g/mol. The minimum atomic E-state index is -0.527. The molecule has 3 aromatic rings. The van der Waals surface area contributed by atoms with Crippen LogP contribution in [0.1, 0.15) is 22.8 Å². The minimum absolute atomic E-state index is 0.0319. The van der Waals surface area contributed by atoms with E-state index in [1.165, 1.54) is 24.4 Å². The average Bonchev–Trinajstić information content (AvgIpc) is 2.95. The third-order valence-corrected chi connectivity index (χ3v) is 4.64. The molecule has 1 N–H and O–H groups in total. The Morgan fingerprint density at radius 3 is 2.78 bits per heavy atom. The molecule has 0 saturated heterocycles. The lowest BCUT2D eigenvalue weighted by Gasteiger charge is -2.14. The van der Waals surface area contributed by atoms with Crippen LogP contribution < -0.4 is 4.90 Å². The average molecular weight is 361 g/mol. The van der Waals surface area contributed by atoms with E-state index in [-0.39, 0.29) is 22.9 Å². The zero-order valence-corrected chi connectivity index (χ0v) is 14.4. The van der Waals surface area contributed by atoms with E-state index in [0.29, 0.717) is 17.8 Å². The number of non-ortho nitro benzene ring substituents is 1. The lowest BCUT2D eigenvalue weighted by Crippen LogP contribution is -2.25. The smallest absolute Gasteiger partial charge is 0.270 e. The first-order valence-corrected chi connectivity index (χ1v) is 8.40. The molecule has 0 radical (unpaired) electrons. The maximum atomic E-state index is 12.5. The molecule has 0 saturated carbocycles. The normalized spacial score (nSPS) is 13.1. The van der Waals surface area contributed by atoms with Gasteiger partial charge in [0.2, 0.25) is 0 Å². The highest BCUT2D eigenvalue weighted by molar-refractivity contribution is 6.26. The second kappa shape index (κ2) is 6.21. The van der Waals surface area contributed by atoms with E-state index in [4.69, 9.17) is 0 Å². The molecule has 4 rings (SSSR count). The molecule has 7 nitrogen and oxygen atoms in total. The number of benzene rings is 3. The summed E-state index contributed by atoms with van der Waals surface area (Å²) in [6, 6.07) is 12.9. The summed E-state index contributed by atoms with van der Waals surface area (Å²) in [5.74, 6) is -0.127. The number of carbonyl (C=O) groups excluding carboxylic acids is 1. The number of hydrogen-bond donors (Lipinski definition) is 1. The highest BCUT2D eigenvalue weighted by atomic mass is 16.6. The van der Waals surface area contributed by atoms with Crippen molar-refractivity contribution < 1.29 is 14.8 Å². The van der Waals surface area contributed by atoms with Crippen LogP contribution in [0.5, 0.6) is 5.75 Å². The van der Waals surface area contributed by atoms with Crippen LogP contribution in [0.4, 0.5) is 17.1 Å². The number of nitro groups is 1. The van der Waals surface area contributed by atoms with Gasteiger partial charge in [-0.2, -0.15) is 0 Å². The Hall–Kier alpha value is -3.74. The quantitative estimate of drug-likeness (QED) is 0.428. The Kier molecular flexibility index (Phi) is 3.84. The first-order valence-electron chi connectivity index (χ1n) is 8.40. The predicted molar refractivity (Wildman–Crippen MR) is 103 cm³/mol. The number of hydrogen-bond acceptors (Lipinski definition) is 5. The molecule has 0 spiro atoms. The van der Waals surface area contributed by atoms with E-state index in [1.54, 1.807) is 17.0 Å². The molecule has 1 amide bonds. The van der Waals surface area contributed by atoms with Crippen molar-refractivity contribution in [3.8, 4) is 5.75 Å². The van der Waals surface area contributed by atoms with E-state index >= 15 is 0 Å². The third kappa shape index (κ3) is 2.60. The second-order valence-corrected chi connectivity index (χ2v) is 6.14. The van der Waals surface area contributed by atoms with Gasteiger partial charge >= 0.3 is 0 Å². The maximum absolute atomic E-state index is 12.5. The summed E-state index contributed by atoms with van der Waals surface area (Å²) in [5.41, 5.74) is 2.23. The number of aliphatic imine (C=N–C) groups is 1. The molecule has 1 aliphatic rings.